The number of sulfonamides is 1. The van der Waals surface area contributed by atoms with Crippen molar-refractivity contribution in [2.75, 3.05) is 12.9 Å². The third-order valence-corrected chi connectivity index (χ3v) is 8.87. The van der Waals surface area contributed by atoms with E-state index in [2.05, 4.69) is 15.0 Å². The van der Waals surface area contributed by atoms with Crippen molar-refractivity contribution in [3.05, 3.63) is 94.1 Å². The van der Waals surface area contributed by atoms with Crippen LogP contribution in [0.4, 0.5) is 0 Å². The summed E-state index contributed by atoms with van der Waals surface area (Å²) in [7, 11) is -3.58. The Hall–Kier alpha value is -4.00. The number of nitrogens with one attached hydrogen (secondary N) is 2. The monoisotopic (exact) mass is 640 g/mol. The van der Waals surface area contributed by atoms with Crippen LogP contribution in [0.5, 0.6) is 5.88 Å². The van der Waals surface area contributed by atoms with Gasteiger partial charge in [0.2, 0.25) is 21.8 Å². The third-order valence-electron chi connectivity index (χ3n) is 7.89. The summed E-state index contributed by atoms with van der Waals surface area (Å²) >= 11 is 6.22. The van der Waals surface area contributed by atoms with Gasteiger partial charge in [-0.2, -0.15) is 0 Å². The molecule has 2 heterocycles. The van der Waals surface area contributed by atoms with E-state index in [1.807, 2.05) is 0 Å². The van der Waals surface area contributed by atoms with Crippen LogP contribution in [0, 0.1) is 0 Å². The van der Waals surface area contributed by atoms with Crippen molar-refractivity contribution in [2.45, 2.75) is 56.3 Å². The molecule has 11 nitrogen and oxygen atoms in total. The highest BCUT2D eigenvalue weighted by atomic mass is 35.5. The first-order valence-corrected chi connectivity index (χ1v) is 16.5. The fourth-order valence-electron chi connectivity index (χ4n) is 6.13. The van der Waals surface area contributed by atoms with Crippen molar-refractivity contribution in [3.8, 4) is 5.88 Å². The molecule has 4 atom stereocenters. The molecular formula is C31H33ClN4O7S. The van der Waals surface area contributed by atoms with Crippen molar-refractivity contribution in [2.24, 2.45) is 0 Å². The number of aliphatic carboxylic acids is 1. The molecule has 1 aliphatic heterocycles. The lowest BCUT2D eigenvalue weighted by atomic mass is 9.76. The molecule has 1 aromatic heterocycles. The minimum Gasteiger partial charge on any atom is -0.479 e. The number of carbonyl (C=O) groups excluding carboxylic acids is 2. The molecule has 1 saturated carbocycles. The lowest BCUT2D eigenvalue weighted by Gasteiger charge is -2.49. The van der Waals surface area contributed by atoms with E-state index >= 15 is 0 Å². The molecule has 0 radical (unpaired) electrons. The average Bonchev–Trinajstić information content (AvgIpc) is 2.99. The maximum Gasteiger partial charge on any atom is 0.341 e. The summed E-state index contributed by atoms with van der Waals surface area (Å²) in [4.78, 5) is 45.4. The maximum absolute atomic E-state index is 14.3. The van der Waals surface area contributed by atoms with E-state index in [1.165, 1.54) is 6.07 Å². The van der Waals surface area contributed by atoms with Crippen molar-refractivity contribution < 1.29 is 32.6 Å². The summed E-state index contributed by atoms with van der Waals surface area (Å²) < 4.78 is 32.6. The van der Waals surface area contributed by atoms with Gasteiger partial charge in [0.25, 0.3) is 5.91 Å². The molecule has 2 aromatic carbocycles. The molecule has 3 N–H and O–H groups in total. The van der Waals surface area contributed by atoms with Crippen molar-refractivity contribution in [1.29, 1.82) is 0 Å². The van der Waals surface area contributed by atoms with Gasteiger partial charge in [0, 0.05) is 28.7 Å². The second kappa shape index (κ2) is 13.3. The number of carboxylic acids is 1. The number of fused-ring (bicyclic) bond motifs is 1. The zero-order chi connectivity index (χ0) is 31.4. The normalized spacial score (nSPS) is 21.8. The lowest BCUT2D eigenvalue weighted by Crippen LogP contribution is -2.59. The van der Waals surface area contributed by atoms with Gasteiger partial charge in [0.1, 0.15) is 0 Å². The molecule has 0 saturated heterocycles. The van der Waals surface area contributed by atoms with Gasteiger partial charge in [0.15, 0.2) is 6.61 Å². The van der Waals surface area contributed by atoms with E-state index in [-0.39, 0.29) is 24.2 Å². The Morgan fingerprint density at radius 3 is 2.50 bits per heavy atom. The SMILES string of the molecule is CS(=O)(=O)N[C@H]1CCCC[C@@H]1N1C(=O)c2ccccc2[C@@H](C(=O)NCc2cccc(OCC(=O)O)n2)[C@@H]1c1ccc(Cl)cc1. The number of nitrogens with zero attached hydrogens (tertiary/aromatic N) is 2. The summed E-state index contributed by atoms with van der Waals surface area (Å²) in [5.41, 5.74) is 2.07. The Morgan fingerprint density at radius 2 is 1.77 bits per heavy atom. The molecule has 3 aromatic rings. The van der Waals surface area contributed by atoms with Gasteiger partial charge >= 0.3 is 5.97 Å². The van der Waals surface area contributed by atoms with Gasteiger partial charge in [-0.3, -0.25) is 9.59 Å². The molecule has 1 aliphatic carbocycles. The van der Waals surface area contributed by atoms with Gasteiger partial charge in [-0.15, -0.1) is 0 Å². The number of benzene rings is 2. The fourth-order valence-corrected chi connectivity index (χ4v) is 7.08. The van der Waals surface area contributed by atoms with E-state index in [1.54, 1.807) is 65.6 Å². The van der Waals surface area contributed by atoms with Crippen molar-refractivity contribution >= 4 is 39.4 Å². The zero-order valence-corrected chi connectivity index (χ0v) is 25.6. The van der Waals surface area contributed by atoms with Crippen LogP contribution >= 0.6 is 11.6 Å². The largest absolute Gasteiger partial charge is 0.479 e. The molecule has 2 amide bonds. The first-order valence-electron chi connectivity index (χ1n) is 14.2. The molecule has 5 rings (SSSR count). The highest BCUT2D eigenvalue weighted by molar-refractivity contribution is 7.88. The Balaban J connectivity index is 1.54. The Bertz CT molecular complexity index is 1650. The Morgan fingerprint density at radius 1 is 1.05 bits per heavy atom. The first kappa shape index (κ1) is 31.4. The number of amides is 2. The van der Waals surface area contributed by atoms with E-state index in [0.717, 1.165) is 19.1 Å². The molecule has 1 fully saturated rings. The Labute approximate surface area is 260 Å². The van der Waals surface area contributed by atoms with Crippen LogP contribution in [-0.4, -0.2) is 66.1 Å². The number of ether oxygens (including phenoxy) is 1. The number of aromatic nitrogens is 1. The zero-order valence-electron chi connectivity index (χ0n) is 24.0. The summed E-state index contributed by atoms with van der Waals surface area (Å²) in [6.45, 7) is -0.532. The molecule has 2 aliphatic rings. The second-order valence-electron chi connectivity index (χ2n) is 11.0. The first-order chi connectivity index (χ1) is 21.0. The predicted octanol–water partition coefficient (Wildman–Crippen LogP) is 3.66. The van der Waals surface area contributed by atoms with Crippen LogP contribution in [0.15, 0.2) is 66.7 Å². The number of hydrogen-bond donors (Lipinski definition) is 3. The van der Waals surface area contributed by atoms with Crippen molar-refractivity contribution in [1.82, 2.24) is 19.9 Å². The molecule has 0 bridgehead atoms. The number of hydrogen-bond acceptors (Lipinski definition) is 7. The van der Waals surface area contributed by atoms with E-state index in [0.29, 0.717) is 40.2 Å². The molecular weight excluding hydrogens is 608 g/mol. The van der Waals surface area contributed by atoms with Crippen LogP contribution in [0.25, 0.3) is 0 Å². The van der Waals surface area contributed by atoms with Crippen LogP contribution in [-0.2, 0) is 26.2 Å². The number of rotatable bonds is 10. The number of halogens is 1. The second-order valence-corrected chi connectivity index (χ2v) is 13.2. The van der Waals surface area contributed by atoms with Gasteiger partial charge in [-0.25, -0.2) is 22.9 Å². The van der Waals surface area contributed by atoms with Crippen LogP contribution < -0.4 is 14.8 Å². The molecule has 232 valence electrons. The van der Waals surface area contributed by atoms with Gasteiger partial charge in [-0.05, 0) is 48.2 Å². The summed E-state index contributed by atoms with van der Waals surface area (Å²) in [5, 5.41) is 12.4. The predicted molar refractivity (Wildman–Crippen MR) is 163 cm³/mol. The molecule has 0 spiro atoms. The third kappa shape index (κ3) is 7.20. The number of pyridine rings is 1. The smallest absolute Gasteiger partial charge is 0.341 e. The standard InChI is InChI=1S/C31H33ClN4O7S/c1-44(41,42)35-24-10-4-5-11-25(24)36-29(19-13-15-20(32)16-14-19)28(22-8-2-3-9-23(22)31(36)40)30(39)33-17-21-7-6-12-26(34-21)43-18-27(37)38/h2-3,6-9,12-16,24-25,28-29,35H,4-5,10-11,17-18H2,1H3,(H,33,39)(H,37,38)/t24-,25-,28+,29-/m0/s1. The van der Waals surface area contributed by atoms with Crippen molar-refractivity contribution in [3.63, 3.8) is 0 Å². The number of carboxylic acid groups (broad SMARTS) is 1. The fraction of sp³-hybridized carbons (Fsp3) is 0.355. The maximum atomic E-state index is 14.3. The summed E-state index contributed by atoms with van der Waals surface area (Å²) in [6, 6.07) is 17.0. The van der Waals surface area contributed by atoms with Crippen LogP contribution in [0.3, 0.4) is 0 Å². The van der Waals surface area contributed by atoms with E-state index in [4.69, 9.17) is 21.4 Å². The minimum absolute atomic E-state index is 0.0186. The highest BCUT2D eigenvalue weighted by Gasteiger charge is 2.48. The number of carbonyl (C=O) groups is 3. The topological polar surface area (TPSA) is 155 Å². The summed E-state index contributed by atoms with van der Waals surface area (Å²) in [5.74, 6) is -2.52. The highest BCUT2D eigenvalue weighted by Crippen LogP contribution is 2.46. The summed E-state index contributed by atoms with van der Waals surface area (Å²) in [6.07, 6.45) is 3.83. The van der Waals surface area contributed by atoms with E-state index < -0.39 is 46.6 Å². The van der Waals surface area contributed by atoms with E-state index in [9.17, 15) is 22.8 Å². The minimum atomic E-state index is -3.58. The molecule has 44 heavy (non-hydrogen) atoms. The van der Waals surface area contributed by atoms with Gasteiger partial charge < -0.3 is 20.1 Å². The molecule has 0 unspecified atom stereocenters. The van der Waals surface area contributed by atoms with Crippen LogP contribution in [0.1, 0.15) is 64.8 Å². The Kier molecular flexibility index (Phi) is 9.52. The quantitative estimate of drug-likeness (QED) is 0.303. The van der Waals surface area contributed by atoms with Gasteiger partial charge in [0.05, 0.1) is 30.5 Å². The van der Waals surface area contributed by atoms with Crippen LogP contribution in [0.2, 0.25) is 5.02 Å². The molecule has 13 heteroatoms. The van der Waals surface area contributed by atoms with Gasteiger partial charge in [-0.1, -0.05) is 60.8 Å². The average molecular weight is 641 g/mol. The lowest BCUT2D eigenvalue weighted by molar-refractivity contribution is -0.139.